The second-order valence-corrected chi connectivity index (χ2v) is 8.02. The van der Waals surface area contributed by atoms with Crippen LogP contribution >= 0.6 is 11.6 Å². The molecule has 0 fully saturated rings. The average molecular weight is 496 g/mol. The van der Waals surface area contributed by atoms with Crippen LogP contribution in [0.4, 0.5) is 15.9 Å². The van der Waals surface area contributed by atoms with Gasteiger partial charge in [-0.3, -0.25) is 14.3 Å². The SMILES string of the molecule is CCNc1nccc(Oc2ccc(NC(=O)c3c(C)n(C)n(-c4ccccc4)c3=O)cc2F)c1Cl. The van der Waals surface area contributed by atoms with Crippen molar-refractivity contribution in [1.82, 2.24) is 14.3 Å². The van der Waals surface area contributed by atoms with Gasteiger partial charge in [0.05, 0.1) is 11.4 Å². The maximum absolute atomic E-state index is 14.8. The topological polar surface area (TPSA) is 90.2 Å². The monoisotopic (exact) mass is 495 g/mol. The van der Waals surface area contributed by atoms with E-state index in [2.05, 4.69) is 15.6 Å². The molecule has 2 aromatic heterocycles. The predicted octanol–water partition coefficient (Wildman–Crippen LogP) is 5.15. The Hall–Kier alpha value is -4.11. The molecule has 0 atom stereocenters. The summed E-state index contributed by atoms with van der Waals surface area (Å²) in [5.74, 6) is -0.781. The van der Waals surface area contributed by atoms with Crippen LogP contribution in [0.5, 0.6) is 11.5 Å². The predicted molar refractivity (Wildman–Crippen MR) is 134 cm³/mol. The van der Waals surface area contributed by atoms with Crippen LogP contribution in [0.1, 0.15) is 23.0 Å². The van der Waals surface area contributed by atoms with E-state index in [1.165, 1.54) is 29.1 Å². The number of halogens is 2. The number of hydrogen-bond donors (Lipinski definition) is 2. The number of hydrogen-bond acceptors (Lipinski definition) is 5. The molecule has 1 amide bonds. The van der Waals surface area contributed by atoms with E-state index in [4.69, 9.17) is 16.3 Å². The minimum absolute atomic E-state index is 0.0309. The lowest BCUT2D eigenvalue weighted by Gasteiger charge is -2.12. The van der Waals surface area contributed by atoms with E-state index in [-0.39, 0.29) is 27.8 Å². The van der Waals surface area contributed by atoms with Gasteiger partial charge < -0.3 is 15.4 Å². The molecular weight excluding hydrogens is 473 g/mol. The third-order valence-electron chi connectivity index (χ3n) is 5.39. The van der Waals surface area contributed by atoms with Crippen molar-refractivity contribution in [3.63, 3.8) is 0 Å². The standard InChI is InChI=1S/C25H23ClFN5O3/c1-4-28-23-22(26)20(12-13-29-23)35-19-11-10-16(14-18(19)27)30-24(33)21-15(2)31(3)32(25(21)34)17-8-6-5-7-9-17/h5-14H,4H2,1-3H3,(H,28,29)(H,30,33). The lowest BCUT2D eigenvalue weighted by molar-refractivity contribution is 0.102. The third kappa shape index (κ3) is 4.76. The zero-order valence-electron chi connectivity index (χ0n) is 19.3. The number of carbonyl (C=O) groups is 1. The molecule has 4 aromatic rings. The Bertz CT molecular complexity index is 1450. The van der Waals surface area contributed by atoms with Crippen molar-refractivity contribution >= 4 is 29.0 Å². The molecule has 0 aliphatic rings. The number of pyridine rings is 1. The summed E-state index contributed by atoms with van der Waals surface area (Å²) in [6, 6.07) is 14.5. The van der Waals surface area contributed by atoms with E-state index in [1.807, 2.05) is 13.0 Å². The smallest absolute Gasteiger partial charge is 0.284 e. The highest BCUT2D eigenvalue weighted by molar-refractivity contribution is 6.34. The zero-order valence-corrected chi connectivity index (χ0v) is 20.1. The van der Waals surface area contributed by atoms with Gasteiger partial charge in [0, 0.05) is 37.6 Å². The second-order valence-electron chi connectivity index (χ2n) is 7.64. The van der Waals surface area contributed by atoms with Crippen molar-refractivity contribution in [3.05, 3.63) is 93.2 Å². The van der Waals surface area contributed by atoms with Gasteiger partial charge in [0.15, 0.2) is 17.3 Å². The van der Waals surface area contributed by atoms with Crippen LogP contribution in [0.25, 0.3) is 5.69 Å². The second kappa shape index (κ2) is 10.0. The lowest BCUT2D eigenvalue weighted by Crippen LogP contribution is -2.25. The van der Waals surface area contributed by atoms with Crippen molar-refractivity contribution in [1.29, 1.82) is 0 Å². The van der Waals surface area contributed by atoms with Crippen LogP contribution in [0.3, 0.4) is 0 Å². The van der Waals surface area contributed by atoms with Gasteiger partial charge in [-0.05, 0) is 38.1 Å². The van der Waals surface area contributed by atoms with Crippen molar-refractivity contribution in [2.75, 3.05) is 17.2 Å². The Balaban J connectivity index is 1.57. The lowest BCUT2D eigenvalue weighted by atomic mass is 10.2. The molecule has 35 heavy (non-hydrogen) atoms. The molecule has 0 aliphatic carbocycles. The quantitative estimate of drug-likeness (QED) is 0.370. The Kier molecular flexibility index (Phi) is 6.88. The van der Waals surface area contributed by atoms with Gasteiger partial charge in [-0.2, -0.15) is 0 Å². The fourth-order valence-corrected chi connectivity index (χ4v) is 3.82. The number of rotatable bonds is 7. The summed E-state index contributed by atoms with van der Waals surface area (Å²) in [5, 5.41) is 5.81. The molecule has 0 spiro atoms. The minimum Gasteiger partial charge on any atom is -0.453 e. The third-order valence-corrected chi connectivity index (χ3v) is 5.75. The van der Waals surface area contributed by atoms with E-state index in [0.717, 1.165) is 6.07 Å². The largest absolute Gasteiger partial charge is 0.453 e. The molecule has 0 saturated carbocycles. The van der Waals surface area contributed by atoms with Crippen LogP contribution in [0.15, 0.2) is 65.6 Å². The van der Waals surface area contributed by atoms with E-state index in [1.54, 1.807) is 42.9 Å². The van der Waals surface area contributed by atoms with Gasteiger partial charge in [0.25, 0.3) is 11.5 Å². The van der Waals surface area contributed by atoms with Gasteiger partial charge >= 0.3 is 0 Å². The number of ether oxygens (including phenoxy) is 1. The van der Waals surface area contributed by atoms with Gasteiger partial charge in [-0.25, -0.2) is 14.1 Å². The molecule has 0 aliphatic heterocycles. The van der Waals surface area contributed by atoms with Crippen LogP contribution < -0.4 is 20.9 Å². The molecule has 0 bridgehead atoms. The fraction of sp³-hybridized carbons (Fsp3) is 0.160. The van der Waals surface area contributed by atoms with Crippen molar-refractivity contribution < 1.29 is 13.9 Å². The molecule has 0 radical (unpaired) electrons. The van der Waals surface area contributed by atoms with E-state index < -0.39 is 17.3 Å². The van der Waals surface area contributed by atoms with Crippen molar-refractivity contribution in [2.45, 2.75) is 13.8 Å². The number of nitrogens with zero attached hydrogens (tertiary/aromatic N) is 3. The Labute approximate surface area is 205 Å². The summed E-state index contributed by atoms with van der Waals surface area (Å²) in [4.78, 5) is 30.1. The highest BCUT2D eigenvalue weighted by atomic mass is 35.5. The highest BCUT2D eigenvalue weighted by Gasteiger charge is 2.22. The summed E-state index contributed by atoms with van der Waals surface area (Å²) < 4.78 is 23.4. The summed E-state index contributed by atoms with van der Waals surface area (Å²) in [5.41, 5.74) is 0.764. The number of aromatic nitrogens is 3. The van der Waals surface area contributed by atoms with E-state index in [0.29, 0.717) is 23.7 Å². The molecule has 10 heteroatoms. The first kappa shape index (κ1) is 24.0. The normalized spacial score (nSPS) is 10.8. The summed E-state index contributed by atoms with van der Waals surface area (Å²) in [6.45, 7) is 4.18. The first-order chi connectivity index (χ1) is 16.8. The van der Waals surface area contributed by atoms with Crippen molar-refractivity contribution in [2.24, 2.45) is 7.05 Å². The van der Waals surface area contributed by atoms with Crippen LogP contribution in [0, 0.1) is 12.7 Å². The molecule has 0 saturated heterocycles. The highest BCUT2D eigenvalue weighted by Crippen LogP contribution is 2.35. The molecule has 2 N–H and O–H groups in total. The molecule has 0 unspecified atom stereocenters. The summed E-state index contributed by atoms with van der Waals surface area (Å²) in [7, 11) is 1.69. The molecule has 4 rings (SSSR count). The Morgan fingerprint density at radius 1 is 1.14 bits per heavy atom. The minimum atomic E-state index is -0.716. The summed E-state index contributed by atoms with van der Waals surface area (Å²) in [6.07, 6.45) is 1.50. The van der Waals surface area contributed by atoms with Crippen molar-refractivity contribution in [3.8, 4) is 17.2 Å². The number of anilines is 2. The number of benzene rings is 2. The van der Waals surface area contributed by atoms with Gasteiger partial charge in [-0.1, -0.05) is 29.8 Å². The maximum Gasteiger partial charge on any atom is 0.284 e. The first-order valence-corrected chi connectivity index (χ1v) is 11.2. The maximum atomic E-state index is 14.8. The number of nitrogens with one attached hydrogen (secondary N) is 2. The first-order valence-electron chi connectivity index (χ1n) is 10.8. The van der Waals surface area contributed by atoms with E-state index >= 15 is 0 Å². The Morgan fingerprint density at radius 3 is 2.57 bits per heavy atom. The van der Waals surface area contributed by atoms with Gasteiger partial charge in [0.2, 0.25) is 0 Å². The van der Waals surface area contributed by atoms with Crippen LogP contribution in [0.2, 0.25) is 5.02 Å². The summed E-state index contributed by atoms with van der Waals surface area (Å²) >= 11 is 6.28. The van der Waals surface area contributed by atoms with Crippen LogP contribution in [-0.2, 0) is 7.05 Å². The molecule has 180 valence electrons. The number of para-hydroxylation sites is 1. The fourth-order valence-electron chi connectivity index (χ4n) is 3.60. The molecule has 2 heterocycles. The number of amides is 1. The van der Waals surface area contributed by atoms with Gasteiger partial charge in [0.1, 0.15) is 16.4 Å². The number of carbonyl (C=O) groups excluding carboxylic acids is 1. The average Bonchev–Trinajstić information content (AvgIpc) is 3.06. The molecule has 2 aromatic carbocycles. The van der Waals surface area contributed by atoms with E-state index in [9.17, 15) is 14.0 Å². The molecule has 8 nitrogen and oxygen atoms in total. The Morgan fingerprint density at radius 2 is 1.89 bits per heavy atom. The van der Waals surface area contributed by atoms with Gasteiger partial charge in [-0.15, -0.1) is 0 Å². The van der Waals surface area contributed by atoms with Crippen LogP contribution in [-0.4, -0.2) is 26.8 Å². The zero-order chi connectivity index (χ0) is 25.1. The molecular formula is C25H23ClFN5O3.